The van der Waals surface area contributed by atoms with Gasteiger partial charge in [-0.1, -0.05) is 31.0 Å². The Hall–Kier alpha value is -1.35. The number of nitrogens with zero attached hydrogens (tertiary/aromatic N) is 1. The Morgan fingerprint density at radius 2 is 2.05 bits per heavy atom. The quantitative estimate of drug-likeness (QED) is 0.780. The average Bonchev–Trinajstić information content (AvgIpc) is 2.64. The lowest BCUT2D eigenvalue weighted by molar-refractivity contribution is -0.123. The van der Waals surface area contributed by atoms with Crippen LogP contribution in [0, 0.1) is 0 Å². The molecule has 0 radical (unpaired) electrons. The molecule has 104 valence electrons. The van der Waals surface area contributed by atoms with Crippen LogP contribution in [-0.4, -0.2) is 30.9 Å². The third kappa shape index (κ3) is 3.57. The van der Waals surface area contributed by atoms with Crippen LogP contribution in [0.2, 0.25) is 0 Å². The van der Waals surface area contributed by atoms with Gasteiger partial charge in [-0.15, -0.1) is 0 Å². The molecule has 1 aliphatic carbocycles. The van der Waals surface area contributed by atoms with E-state index in [0.29, 0.717) is 5.78 Å². The molecule has 2 rings (SSSR count). The van der Waals surface area contributed by atoms with E-state index in [1.54, 1.807) is 7.11 Å². The number of likely N-dealkylation sites (N-methyl/N-ethyl adjacent to an activating group) is 1. The van der Waals surface area contributed by atoms with Crippen molar-refractivity contribution in [3.63, 3.8) is 0 Å². The summed E-state index contributed by atoms with van der Waals surface area (Å²) in [7, 11) is 3.73. The van der Waals surface area contributed by atoms with Crippen LogP contribution in [0.15, 0.2) is 24.3 Å². The zero-order valence-corrected chi connectivity index (χ0v) is 11.9. The number of carbonyl (C=O) groups is 1. The molecule has 1 aliphatic rings. The standard InChI is InChI=1S/C16H23NO2/c1-17(14-9-4-3-5-10-15(14)18)12-13-8-6-7-11-16(13)19-2/h6-8,11,14H,3-5,9-10,12H2,1-2H3. The molecule has 0 heterocycles. The lowest BCUT2D eigenvalue weighted by atomic mass is 10.1. The second-order valence-electron chi connectivity index (χ2n) is 5.31. The Bertz CT molecular complexity index is 431. The van der Waals surface area contributed by atoms with Gasteiger partial charge < -0.3 is 4.74 Å². The Balaban J connectivity index is 2.06. The van der Waals surface area contributed by atoms with Crippen LogP contribution in [0.5, 0.6) is 5.75 Å². The number of hydrogen-bond donors (Lipinski definition) is 0. The predicted molar refractivity (Wildman–Crippen MR) is 76.3 cm³/mol. The monoisotopic (exact) mass is 261 g/mol. The lowest BCUT2D eigenvalue weighted by Gasteiger charge is -2.26. The van der Waals surface area contributed by atoms with Crippen molar-refractivity contribution >= 4 is 5.78 Å². The van der Waals surface area contributed by atoms with E-state index < -0.39 is 0 Å². The molecule has 0 N–H and O–H groups in total. The van der Waals surface area contributed by atoms with Gasteiger partial charge in [-0.3, -0.25) is 9.69 Å². The minimum Gasteiger partial charge on any atom is -0.496 e. The number of Topliss-reactive ketones (excluding diaryl/α,β-unsaturated/α-hetero) is 1. The normalized spacial score (nSPS) is 20.4. The number of para-hydroxylation sites is 1. The number of benzene rings is 1. The van der Waals surface area contributed by atoms with Crippen LogP contribution in [0.4, 0.5) is 0 Å². The van der Waals surface area contributed by atoms with Crippen LogP contribution < -0.4 is 4.74 Å². The van der Waals surface area contributed by atoms with E-state index in [4.69, 9.17) is 4.74 Å². The molecule has 1 aromatic rings. The van der Waals surface area contributed by atoms with Gasteiger partial charge in [-0.2, -0.15) is 0 Å². The van der Waals surface area contributed by atoms with Gasteiger partial charge in [0.05, 0.1) is 13.2 Å². The maximum absolute atomic E-state index is 12.1. The van der Waals surface area contributed by atoms with E-state index in [1.807, 2.05) is 25.2 Å². The molecule has 1 fully saturated rings. The van der Waals surface area contributed by atoms with Gasteiger partial charge in [0.1, 0.15) is 11.5 Å². The van der Waals surface area contributed by atoms with E-state index in [-0.39, 0.29) is 6.04 Å². The van der Waals surface area contributed by atoms with Crippen molar-refractivity contribution in [1.82, 2.24) is 4.90 Å². The number of methoxy groups -OCH3 is 1. The Morgan fingerprint density at radius 3 is 2.84 bits per heavy atom. The molecule has 0 amide bonds. The molecular weight excluding hydrogens is 238 g/mol. The van der Waals surface area contributed by atoms with Gasteiger partial charge >= 0.3 is 0 Å². The number of carbonyl (C=O) groups excluding carboxylic acids is 1. The Labute approximate surface area is 115 Å². The molecule has 1 aromatic carbocycles. The number of rotatable bonds is 4. The summed E-state index contributed by atoms with van der Waals surface area (Å²) in [5, 5.41) is 0. The van der Waals surface area contributed by atoms with Crippen LogP contribution in [0.25, 0.3) is 0 Å². The molecule has 0 aliphatic heterocycles. The lowest BCUT2D eigenvalue weighted by Crippen LogP contribution is -2.37. The van der Waals surface area contributed by atoms with Gasteiger partial charge in [0.25, 0.3) is 0 Å². The van der Waals surface area contributed by atoms with Gasteiger partial charge in [-0.25, -0.2) is 0 Å². The summed E-state index contributed by atoms with van der Waals surface area (Å²) in [5.41, 5.74) is 1.14. The van der Waals surface area contributed by atoms with E-state index in [1.165, 1.54) is 6.42 Å². The minimum atomic E-state index is 0.0763. The van der Waals surface area contributed by atoms with Crippen molar-refractivity contribution in [2.45, 2.75) is 44.7 Å². The van der Waals surface area contributed by atoms with E-state index >= 15 is 0 Å². The average molecular weight is 261 g/mol. The maximum Gasteiger partial charge on any atom is 0.149 e. The smallest absolute Gasteiger partial charge is 0.149 e. The summed E-state index contributed by atoms with van der Waals surface area (Å²) >= 11 is 0. The third-order valence-corrected chi connectivity index (χ3v) is 3.92. The second kappa shape index (κ2) is 6.71. The molecular formula is C16H23NO2. The van der Waals surface area contributed by atoms with E-state index in [2.05, 4.69) is 11.0 Å². The molecule has 19 heavy (non-hydrogen) atoms. The summed E-state index contributed by atoms with van der Waals surface area (Å²) < 4.78 is 5.37. The molecule has 0 spiro atoms. The van der Waals surface area contributed by atoms with Gasteiger partial charge in [-0.05, 0) is 26.0 Å². The van der Waals surface area contributed by atoms with Crippen LogP contribution in [-0.2, 0) is 11.3 Å². The van der Waals surface area contributed by atoms with Crippen molar-refractivity contribution in [2.75, 3.05) is 14.2 Å². The SMILES string of the molecule is COc1ccccc1CN(C)C1CCCCCC1=O. The molecule has 0 aromatic heterocycles. The van der Waals surface area contributed by atoms with Crippen LogP contribution in [0.3, 0.4) is 0 Å². The van der Waals surface area contributed by atoms with Crippen molar-refractivity contribution < 1.29 is 9.53 Å². The summed E-state index contributed by atoms with van der Waals surface area (Å²) in [4.78, 5) is 14.3. The van der Waals surface area contributed by atoms with Crippen LogP contribution >= 0.6 is 0 Å². The summed E-state index contributed by atoms with van der Waals surface area (Å²) in [6.45, 7) is 0.764. The fraction of sp³-hybridized carbons (Fsp3) is 0.562. The number of ketones is 1. The zero-order chi connectivity index (χ0) is 13.7. The van der Waals surface area contributed by atoms with Crippen molar-refractivity contribution in [3.8, 4) is 5.75 Å². The molecule has 1 saturated carbocycles. The molecule has 3 heteroatoms. The minimum absolute atomic E-state index is 0.0763. The highest BCUT2D eigenvalue weighted by atomic mass is 16.5. The first kappa shape index (κ1) is 14.1. The topological polar surface area (TPSA) is 29.5 Å². The molecule has 1 unspecified atom stereocenters. The van der Waals surface area contributed by atoms with E-state index in [9.17, 15) is 4.79 Å². The molecule has 0 saturated heterocycles. The van der Waals surface area contributed by atoms with Gasteiger partial charge in [0.2, 0.25) is 0 Å². The molecule has 3 nitrogen and oxygen atoms in total. The van der Waals surface area contributed by atoms with E-state index in [0.717, 1.165) is 43.5 Å². The van der Waals surface area contributed by atoms with Crippen molar-refractivity contribution in [1.29, 1.82) is 0 Å². The van der Waals surface area contributed by atoms with Crippen molar-refractivity contribution in [3.05, 3.63) is 29.8 Å². The van der Waals surface area contributed by atoms with Crippen LogP contribution in [0.1, 0.15) is 37.7 Å². The first-order valence-electron chi connectivity index (χ1n) is 7.07. The highest BCUT2D eigenvalue weighted by molar-refractivity contribution is 5.84. The summed E-state index contributed by atoms with van der Waals surface area (Å²) in [6, 6.07) is 8.10. The zero-order valence-electron chi connectivity index (χ0n) is 11.9. The Morgan fingerprint density at radius 1 is 1.26 bits per heavy atom. The van der Waals surface area contributed by atoms with Gasteiger partial charge in [0.15, 0.2) is 0 Å². The first-order valence-corrected chi connectivity index (χ1v) is 7.07. The predicted octanol–water partition coefficient (Wildman–Crippen LogP) is 3.03. The fourth-order valence-corrected chi connectivity index (χ4v) is 2.82. The second-order valence-corrected chi connectivity index (χ2v) is 5.31. The first-order chi connectivity index (χ1) is 9.22. The summed E-state index contributed by atoms with van der Waals surface area (Å²) in [5.74, 6) is 1.30. The number of hydrogen-bond acceptors (Lipinski definition) is 3. The molecule has 1 atom stereocenters. The summed E-state index contributed by atoms with van der Waals surface area (Å²) in [6.07, 6.45) is 5.13. The molecule has 0 bridgehead atoms. The number of ether oxygens (including phenoxy) is 1. The largest absolute Gasteiger partial charge is 0.496 e. The third-order valence-electron chi connectivity index (χ3n) is 3.92. The van der Waals surface area contributed by atoms with Crippen molar-refractivity contribution in [2.24, 2.45) is 0 Å². The van der Waals surface area contributed by atoms with Gasteiger partial charge in [0, 0.05) is 18.5 Å². The Kier molecular flexibility index (Phi) is 4.97. The highest BCUT2D eigenvalue weighted by Gasteiger charge is 2.24. The maximum atomic E-state index is 12.1. The highest BCUT2D eigenvalue weighted by Crippen LogP contribution is 2.23. The fourth-order valence-electron chi connectivity index (χ4n) is 2.82.